The summed E-state index contributed by atoms with van der Waals surface area (Å²) in [5.74, 6) is -1.67. The number of benzene rings is 2. The van der Waals surface area contributed by atoms with Crippen LogP contribution in [0.2, 0.25) is 0 Å². The van der Waals surface area contributed by atoms with Crippen molar-refractivity contribution in [2.24, 2.45) is 5.92 Å². The molecule has 0 aliphatic heterocycles. The number of ketones is 1. The van der Waals surface area contributed by atoms with Gasteiger partial charge in [-0.1, -0.05) is 44.2 Å². The molecule has 2 atom stereocenters. The summed E-state index contributed by atoms with van der Waals surface area (Å²) in [6.45, 7) is 6.38. The number of carbonyl (C=O) groups excluding carboxylic acids is 4. The zero-order valence-electron chi connectivity index (χ0n) is 18.0. The molecular formula is C23H27N3O5. The summed E-state index contributed by atoms with van der Waals surface area (Å²) >= 11 is 0. The second-order valence-corrected chi connectivity index (χ2v) is 7.39. The lowest BCUT2D eigenvalue weighted by atomic mass is 10.0. The monoisotopic (exact) mass is 425 g/mol. The van der Waals surface area contributed by atoms with Crippen LogP contribution in [-0.2, 0) is 14.3 Å². The summed E-state index contributed by atoms with van der Waals surface area (Å²) in [4.78, 5) is 48.7. The van der Waals surface area contributed by atoms with Gasteiger partial charge in [-0.05, 0) is 44.0 Å². The van der Waals surface area contributed by atoms with Crippen molar-refractivity contribution in [2.45, 2.75) is 39.8 Å². The molecule has 0 fully saturated rings. The van der Waals surface area contributed by atoms with Crippen molar-refractivity contribution < 1.29 is 23.9 Å². The minimum atomic E-state index is -1.10. The zero-order chi connectivity index (χ0) is 23.0. The van der Waals surface area contributed by atoms with Crippen LogP contribution in [0.25, 0.3) is 0 Å². The number of hydrogen-bond acceptors (Lipinski definition) is 5. The lowest BCUT2D eigenvalue weighted by Crippen LogP contribution is -2.48. The summed E-state index contributed by atoms with van der Waals surface area (Å²) in [5, 5.41) is 7.84. The third-order valence-corrected chi connectivity index (χ3v) is 4.44. The highest BCUT2D eigenvalue weighted by Gasteiger charge is 2.29. The van der Waals surface area contributed by atoms with Crippen molar-refractivity contribution in [3.05, 3.63) is 60.2 Å². The quantitative estimate of drug-likeness (QED) is 0.442. The minimum absolute atomic E-state index is 0.129. The Kier molecular flexibility index (Phi) is 8.31. The van der Waals surface area contributed by atoms with Gasteiger partial charge in [-0.2, -0.15) is 0 Å². The Morgan fingerprint density at radius 1 is 0.839 bits per heavy atom. The van der Waals surface area contributed by atoms with Gasteiger partial charge in [0.25, 0.3) is 5.91 Å². The molecule has 3 N–H and O–H groups in total. The van der Waals surface area contributed by atoms with Crippen LogP contribution >= 0.6 is 0 Å². The van der Waals surface area contributed by atoms with Gasteiger partial charge >= 0.3 is 12.0 Å². The smallest absolute Gasteiger partial charge is 0.329 e. The van der Waals surface area contributed by atoms with Gasteiger partial charge in [0.15, 0.2) is 11.9 Å². The number of anilines is 2. The molecule has 31 heavy (non-hydrogen) atoms. The van der Waals surface area contributed by atoms with Gasteiger partial charge in [-0.15, -0.1) is 0 Å². The summed E-state index contributed by atoms with van der Waals surface area (Å²) in [7, 11) is 0. The standard InChI is InChI=1S/C23H27N3O5/c1-14(2)20(26-23(30)25-18-10-6-5-7-11-18)22(29)31-16(4)21(28)24-19-12-8-9-17(13-19)15(3)27/h5-14,16,20H,1-4H3,(H,24,28)(H2,25,26,30)/t16-,20-/m0/s1. The largest absolute Gasteiger partial charge is 0.451 e. The van der Waals surface area contributed by atoms with Crippen LogP contribution in [0.5, 0.6) is 0 Å². The van der Waals surface area contributed by atoms with Crippen LogP contribution in [0.15, 0.2) is 54.6 Å². The first-order valence-electron chi connectivity index (χ1n) is 9.92. The molecule has 164 valence electrons. The first-order valence-corrected chi connectivity index (χ1v) is 9.92. The highest BCUT2D eigenvalue weighted by Crippen LogP contribution is 2.13. The molecule has 0 saturated heterocycles. The molecule has 2 aromatic rings. The van der Waals surface area contributed by atoms with Gasteiger partial charge in [-0.25, -0.2) is 9.59 Å². The molecule has 2 aromatic carbocycles. The maximum absolute atomic E-state index is 12.6. The number of para-hydroxylation sites is 1. The summed E-state index contributed by atoms with van der Waals surface area (Å²) in [5.41, 5.74) is 1.45. The van der Waals surface area contributed by atoms with E-state index in [2.05, 4.69) is 16.0 Å². The van der Waals surface area contributed by atoms with Crippen molar-refractivity contribution >= 4 is 35.1 Å². The molecule has 0 radical (unpaired) electrons. The molecule has 0 spiro atoms. The number of urea groups is 1. The van der Waals surface area contributed by atoms with Gasteiger partial charge in [0.1, 0.15) is 6.04 Å². The van der Waals surface area contributed by atoms with Crippen molar-refractivity contribution in [3.8, 4) is 0 Å². The number of Topliss-reactive ketones (excluding diaryl/α,β-unsaturated/α-hetero) is 1. The number of carbonyl (C=O) groups is 4. The van der Waals surface area contributed by atoms with Gasteiger partial charge in [0.05, 0.1) is 0 Å². The van der Waals surface area contributed by atoms with Crippen LogP contribution in [0, 0.1) is 5.92 Å². The Balaban J connectivity index is 1.96. The van der Waals surface area contributed by atoms with Gasteiger partial charge < -0.3 is 20.7 Å². The van der Waals surface area contributed by atoms with E-state index in [1.165, 1.54) is 13.8 Å². The molecule has 0 aromatic heterocycles. The van der Waals surface area contributed by atoms with Gasteiger partial charge in [0.2, 0.25) is 0 Å². The Hall–Kier alpha value is -3.68. The third kappa shape index (κ3) is 7.26. The average Bonchev–Trinajstić information content (AvgIpc) is 2.72. The number of esters is 1. The molecule has 0 aliphatic carbocycles. The zero-order valence-corrected chi connectivity index (χ0v) is 18.0. The predicted molar refractivity (Wildman–Crippen MR) is 118 cm³/mol. The topological polar surface area (TPSA) is 114 Å². The van der Waals surface area contributed by atoms with E-state index in [1.807, 2.05) is 6.07 Å². The number of rotatable bonds is 8. The second kappa shape index (κ2) is 10.9. The van der Waals surface area contributed by atoms with E-state index in [0.29, 0.717) is 16.9 Å². The van der Waals surface area contributed by atoms with E-state index in [-0.39, 0.29) is 11.7 Å². The minimum Gasteiger partial charge on any atom is -0.451 e. The molecule has 8 nitrogen and oxygen atoms in total. The third-order valence-electron chi connectivity index (χ3n) is 4.44. The van der Waals surface area contributed by atoms with Crippen molar-refractivity contribution in [3.63, 3.8) is 0 Å². The number of nitrogens with one attached hydrogen (secondary N) is 3. The molecule has 0 heterocycles. The SMILES string of the molecule is CC(=O)c1cccc(NC(=O)[C@H](C)OC(=O)[C@@H](NC(=O)Nc2ccccc2)C(C)C)c1. The summed E-state index contributed by atoms with van der Waals surface area (Å²) in [6, 6.07) is 13.8. The van der Waals surface area contributed by atoms with E-state index in [4.69, 9.17) is 4.74 Å². The molecule has 0 bridgehead atoms. The number of ether oxygens (including phenoxy) is 1. The van der Waals surface area contributed by atoms with Crippen LogP contribution in [0.4, 0.5) is 16.2 Å². The maximum Gasteiger partial charge on any atom is 0.329 e. The van der Waals surface area contributed by atoms with Crippen LogP contribution in [0.3, 0.4) is 0 Å². The lowest BCUT2D eigenvalue weighted by Gasteiger charge is -2.23. The molecule has 8 heteroatoms. The highest BCUT2D eigenvalue weighted by molar-refractivity contribution is 5.99. The fourth-order valence-electron chi connectivity index (χ4n) is 2.69. The number of amides is 3. The Bertz CT molecular complexity index is 943. The molecule has 0 unspecified atom stereocenters. The van der Waals surface area contributed by atoms with Crippen molar-refractivity contribution in [1.82, 2.24) is 5.32 Å². The van der Waals surface area contributed by atoms with E-state index in [9.17, 15) is 19.2 Å². The average molecular weight is 425 g/mol. The van der Waals surface area contributed by atoms with E-state index in [1.54, 1.807) is 62.4 Å². The van der Waals surface area contributed by atoms with Crippen molar-refractivity contribution in [2.75, 3.05) is 10.6 Å². The normalized spacial score (nSPS) is 12.4. The Morgan fingerprint density at radius 3 is 2.10 bits per heavy atom. The molecule has 0 saturated carbocycles. The summed E-state index contributed by atoms with van der Waals surface area (Å²) in [6.07, 6.45) is -1.10. The summed E-state index contributed by atoms with van der Waals surface area (Å²) < 4.78 is 5.28. The van der Waals surface area contributed by atoms with Gasteiger partial charge in [-0.3, -0.25) is 9.59 Å². The maximum atomic E-state index is 12.6. The Labute approximate surface area is 181 Å². The van der Waals surface area contributed by atoms with Crippen molar-refractivity contribution in [1.29, 1.82) is 0 Å². The van der Waals surface area contributed by atoms with E-state index >= 15 is 0 Å². The van der Waals surface area contributed by atoms with Gasteiger partial charge in [0, 0.05) is 16.9 Å². The molecular weight excluding hydrogens is 398 g/mol. The first-order chi connectivity index (χ1) is 14.7. The fraction of sp³-hybridized carbons (Fsp3) is 0.304. The first kappa shape index (κ1) is 23.6. The van der Waals surface area contributed by atoms with Crippen LogP contribution in [0.1, 0.15) is 38.1 Å². The van der Waals surface area contributed by atoms with E-state index < -0.39 is 30.1 Å². The molecule has 0 aliphatic rings. The van der Waals surface area contributed by atoms with Crippen LogP contribution < -0.4 is 16.0 Å². The molecule has 2 rings (SSSR count). The lowest BCUT2D eigenvalue weighted by molar-refractivity contribution is -0.156. The Morgan fingerprint density at radius 2 is 1.48 bits per heavy atom. The fourth-order valence-corrected chi connectivity index (χ4v) is 2.69. The van der Waals surface area contributed by atoms with Crippen LogP contribution in [-0.4, -0.2) is 35.8 Å². The highest BCUT2D eigenvalue weighted by atomic mass is 16.5. The second-order valence-electron chi connectivity index (χ2n) is 7.39. The molecule has 3 amide bonds. The number of hydrogen-bond donors (Lipinski definition) is 3. The predicted octanol–water partition coefficient (Wildman–Crippen LogP) is 3.61. The van der Waals surface area contributed by atoms with E-state index in [0.717, 1.165) is 0 Å².